The van der Waals surface area contributed by atoms with Crippen LogP contribution in [0.5, 0.6) is 0 Å². The highest BCUT2D eigenvalue weighted by atomic mass is 16.1. The number of hydrogen-bond acceptors (Lipinski definition) is 5. The lowest BCUT2D eigenvalue weighted by molar-refractivity contribution is -0.119. The number of nitrogens with zero attached hydrogens (tertiary/aromatic N) is 3. The van der Waals surface area contributed by atoms with Gasteiger partial charge in [-0.3, -0.25) is 4.79 Å². The normalized spacial score (nSPS) is 17.3. The van der Waals surface area contributed by atoms with E-state index in [1.807, 2.05) is 37.3 Å². The maximum absolute atomic E-state index is 12.2. The highest BCUT2D eigenvalue weighted by Crippen LogP contribution is 2.27. The molecule has 4 rings (SSSR count). The SMILES string of the molecule is Cc1nc(Nc2ccc(NC(=O)C3CCCC3)cc2)cc(N2CCCC2)n1. The molecule has 0 bridgehead atoms. The number of aryl methyl sites for hydroxylation is 1. The molecule has 0 atom stereocenters. The zero-order chi connectivity index (χ0) is 18.6. The minimum absolute atomic E-state index is 0.148. The molecular formula is C21H27N5O. The van der Waals surface area contributed by atoms with Crippen molar-refractivity contribution in [1.82, 2.24) is 9.97 Å². The van der Waals surface area contributed by atoms with Crippen LogP contribution in [0.4, 0.5) is 23.0 Å². The molecule has 2 aliphatic rings. The maximum Gasteiger partial charge on any atom is 0.227 e. The van der Waals surface area contributed by atoms with Gasteiger partial charge in [0.05, 0.1) is 0 Å². The molecule has 1 amide bonds. The fourth-order valence-corrected chi connectivity index (χ4v) is 3.94. The molecule has 6 heteroatoms. The third kappa shape index (κ3) is 4.38. The molecule has 1 aliphatic heterocycles. The largest absolute Gasteiger partial charge is 0.356 e. The van der Waals surface area contributed by atoms with Crippen LogP contribution in [0.25, 0.3) is 0 Å². The summed E-state index contributed by atoms with van der Waals surface area (Å²) in [7, 11) is 0. The van der Waals surface area contributed by atoms with E-state index in [-0.39, 0.29) is 11.8 Å². The van der Waals surface area contributed by atoms with Crippen LogP contribution in [0.1, 0.15) is 44.3 Å². The highest BCUT2D eigenvalue weighted by Gasteiger charge is 2.22. The molecule has 0 radical (unpaired) electrons. The number of benzene rings is 1. The van der Waals surface area contributed by atoms with Crippen LogP contribution in [0.3, 0.4) is 0 Å². The highest BCUT2D eigenvalue weighted by molar-refractivity contribution is 5.92. The van der Waals surface area contributed by atoms with E-state index in [0.29, 0.717) is 0 Å². The molecule has 2 heterocycles. The first kappa shape index (κ1) is 17.8. The van der Waals surface area contributed by atoms with E-state index in [9.17, 15) is 4.79 Å². The zero-order valence-electron chi connectivity index (χ0n) is 15.9. The lowest BCUT2D eigenvalue weighted by Crippen LogP contribution is -2.20. The zero-order valence-corrected chi connectivity index (χ0v) is 15.9. The molecule has 6 nitrogen and oxygen atoms in total. The summed E-state index contributed by atoms with van der Waals surface area (Å²) in [4.78, 5) is 23.6. The van der Waals surface area contributed by atoms with Gasteiger partial charge in [0, 0.05) is 36.4 Å². The summed E-state index contributed by atoms with van der Waals surface area (Å²) in [5.41, 5.74) is 1.79. The Hall–Kier alpha value is -2.63. The van der Waals surface area contributed by atoms with Crippen LogP contribution in [-0.4, -0.2) is 29.0 Å². The number of nitrogens with one attached hydrogen (secondary N) is 2. The number of anilines is 4. The van der Waals surface area contributed by atoms with Crippen LogP contribution >= 0.6 is 0 Å². The third-order valence-corrected chi connectivity index (χ3v) is 5.41. The second-order valence-electron chi connectivity index (χ2n) is 7.53. The van der Waals surface area contributed by atoms with Crippen LogP contribution in [0.15, 0.2) is 30.3 Å². The summed E-state index contributed by atoms with van der Waals surface area (Å²) >= 11 is 0. The van der Waals surface area contributed by atoms with Crippen molar-refractivity contribution in [2.75, 3.05) is 28.6 Å². The third-order valence-electron chi connectivity index (χ3n) is 5.41. The Morgan fingerprint density at radius 1 is 1.00 bits per heavy atom. The lowest BCUT2D eigenvalue weighted by atomic mass is 10.1. The first-order valence-corrected chi connectivity index (χ1v) is 9.96. The Labute approximate surface area is 160 Å². The summed E-state index contributed by atoms with van der Waals surface area (Å²) < 4.78 is 0. The summed E-state index contributed by atoms with van der Waals surface area (Å²) in [5, 5.41) is 6.39. The molecule has 1 aliphatic carbocycles. The van der Waals surface area contributed by atoms with Gasteiger partial charge in [0.25, 0.3) is 0 Å². The van der Waals surface area contributed by atoms with Crippen molar-refractivity contribution in [2.24, 2.45) is 5.92 Å². The fourth-order valence-electron chi connectivity index (χ4n) is 3.94. The van der Waals surface area contributed by atoms with E-state index < -0.39 is 0 Å². The molecule has 0 unspecified atom stereocenters. The molecule has 2 aromatic rings. The monoisotopic (exact) mass is 365 g/mol. The van der Waals surface area contributed by atoms with Crippen molar-refractivity contribution in [3.05, 3.63) is 36.2 Å². The first-order valence-electron chi connectivity index (χ1n) is 9.96. The topological polar surface area (TPSA) is 70.2 Å². The molecule has 0 spiro atoms. The molecule has 1 saturated heterocycles. The van der Waals surface area contributed by atoms with Gasteiger partial charge in [-0.2, -0.15) is 0 Å². The van der Waals surface area contributed by atoms with Crippen molar-refractivity contribution in [2.45, 2.75) is 45.4 Å². The number of aromatic nitrogens is 2. The van der Waals surface area contributed by atoms with Gasteiger partial charge in [-0.05, 0) is 56.9 Å². The Bertz CT molecular complexity index is 793. The van der Waals surface area contributed by atoms with Crippen molar-refractivity contribution < 1.29 is 4.79 Å². The molecule has 1 saturated carbocycles. The predicted molar refractivity (Wildman–Crippen MR) is 109 cm³/mol. The van der Waals surface area contributed by atoms with Crippen LogP contribution < -0.4 is 15.5 Å². The predicted octanol–water partition coefficient (Wildman–Crippen LogP) is 4.26. The van der Waals surface area contributed by atoms with Gasteiger partial charge >= 0.3 is 0 Å². The summed E-state index contributed by atoms with van der Waals surface area (Å²) in [5.74, 6) is 2.88. The molecule has 142 valence electrons. The number of rotatable bonds is 5. The van der Waals surface area contributed by atoms with E-state index >= 15 is 0 Å². The van der Waals surface area contributed by atoms with Gasteiger partial charge < -0.3 is 15.5 Å². The summed E-state index contributed by atoms with van der Waals surface area (Å²) in [6, 6.07) is 9.82. The maximum atomic E-state index is 12.2. The molecule has 1 aromatic heterocycles. The average molecular weight is 365 g/mol. The van der Waals surface area contributed by atoms with Crippen LogP contribution in [0, 0.1) is 12.8 Å². The van der Waals surface area contributed by atoms with E-state index in [2.05, 4.69) is 25.5 Å². The number of carbonyl (C=O) groups is 1. The number of amides is 1. The standard InChI is InChI=1S/C21H27N5O/c1-15-22-19(14-20(23-15)26-12-4-5-13-26)24-17-8-10-18(11-9-17)25-21(27)16-6-2-3-7-16/h8-11,14,16H,2-7,12-13H2,1H3,(H,25,27)(H,22,23,24). The van der Waals surface area contributed by atoms with E-state index in [0.717, 1.165) is 54.8 Å². The van der Waals surface area contributed by atoms with Crippen LogP contribution in [-0.2, 0) is 4.79 Å². The lowest BCUT2D eigenvalue weighted by Gasteiger charge is -2.18. The summed E-state index contributed by atoms with van der Waals surface area (Å²) in [6.07, 6.45) is 6.80. The Morgan fingerprint density at radius 2 is 1.67 bits per heavy atom. The summed E-state index contributed by atoms with van der Waals surface area (Å²) in [6.45, 7) is 4.04. The van der Waals surface area contributed by atoms with E-state index in [1.165, 1.54) is 25.7 Å². The number of hydrogen-bond donors (Lipinski definition) is 2. The van der Waals surface area contributed by atoms with Crippen molar-refractivity contribution in [1.29, 1.82) is 0 Å². The molecule has 2 N–H and O–H groups in total. The minimum atomic E-state index is 0.148. The molecule has 27 heavy (non-hydrogen) atoms. The molecule has 2 fully saturated rings. The van der Waals surface area contributed by atoms with Gasteiger partial charge in [-0.25, -0.2) is 9.97 Å². The number of carbonyl (C=O) groups excluding carboxylic acids is 1. The minimum Gasteiger partial charge on any atom is -0.356 e. The average Bonchev–Trinajstić information content (AvgIpc) is 3.37. The van der Waals surface area contributed by atoms with Crippen molar-refractivity contribution in [3.63, 3.8) is 0 Å². The second-order valence-corrected chi connectivity index (χ2v) is 7.53. The molecular weight excluding hydrogens is 338 g/mol. The smallest absolute Gasteiger partial charge is 0.227 e. The van der Waals surface area contributed by atoms with E-state index in [4.69, 9.17) is 0 Å². The molecule has 1 aromatic carbocycles. The Balaban J connectivity index is 1.41. The van der Waals surface area contributed by atoms with Gasteiger partial charge in [0.1, 0.15) is 17.5 Å². The Morgan fingerprint density at radius 3 is 2.37 bits per heavy atom. The van der Waals surface area contributed by atoms with Gasteiger partial charge in [0.2, 0.25) is 5.91 Å². The fraction of sp³-hybridized carbons (Fsp3) is 0.476. The van der Waals surface area contributed by atoms with E-state index in [1.54, 1.807) is 0 Å². The van der Waals surface area contributed by atoms with Crippen molar-refractivity contribution >= 4 is 28.9 Å². The van der Waals surface area contributed by atoms with Gasteiger partial charge in [0.15, 0.2) is 0 Å². The van der Waals surface area contributed by atoms with Gasteiger partial charge in [-0.1, -0.05) is 12.8 Å². The van der Waals surface area contributed by atoms with Crippen molar-refractivity contribution in [3.8, 4) is 0 Å². The van der Waals surface area contributed by atoms with Crippen LogP contribution in [0.2, 0.25) is 0 Å². The van der Waals surface area contributed by atoms with Gasteiger partial charge in [-0.15, -0.1) is 0 Å². The first-order chi connectivity index (χ1) is 13.2. The second kappa shape index (κ2) is 7.94. The quantitative estimate of drug-likeness (QED) is 0.828. The Kier molecular flexibility index (Phi) is 5.23.